The molecule has 3 aromatic heterocycles. The lowest BCUT2D eigenvalue weighted by Crippen LogP contribution is -2.37. The Balaban J connectivity index is 1.78. The van der Waals surface area contributed by atoms with Gasteiger partial charge in [-0.3, -0.25) is 0 Å². The standard InChI is InChI=1S/C23H26ClN3O2S2/c1-25-17-9-5-11-29-21(17)22-16(8-3-2-4-10-28)20-23(31-22)18(13-19(24)27-20)26-14-15-7-6-12-30-15/h6-7,12-13,17,21,25,28H,2,4-5,9-11,14H2,1H3,(H,26,27)/t17-,21-/m1/s1. The average Bonchev–Trinajstić information content (AvgIpc) is 3.43. The van der Waals surface area contributed by atoms with Crippen LogP contribution in [0, 0.1) is 11.8 Å². The molecule has 3 aromatic rings. The van der Waals surface area contributed by atoms with Gasteiger partial charge in [-0.2, -0.15) is 0 Å². The van der Waals surface area contributed by atoms with E-state index in [0.29, 0.717) is 18.0 Å². The molecule has 0 saturated carbocycles. The molecule has 1 aliphatic heterocycles. The molecule has 8 heteroatoms. The predicted octanol–water partition coefficient (Wildman–Crippen LogP) is 5.19. The lowest BCUT2D eigenvalue weighted by atomic mass is 9.99. The van der Waals surface area contributed by atoms with Crippen LogP contribution in [0.15, 0.2) is 23.6 Å². The van der Waals surface area contributed by atoms with Gasteiger partial charge >= 0.3 is 0 Å². The number of nitrogens with one attached hydrogen (secondary N) is 2. The second-order valence-corrected chi connectivity index (χ2v) is 9.87. The molecule has 1 aliphatic rings. The molecule has 0 bridgehead atoms. The smallest absolute Gasteiger partial charge is 0.131 e. The van der Waals surface area contributed by atoms with Gasteiger partial charge in [0, 0.05) is 43.2 Å². The maximum absolute atomic E-state index is 9.10. The van der Waals surface area contributed by atoms with Crippen molar-refractivity contribution in [2.45, 2.75) is 44.4 Å². The molecule has 1 saturated heterocycles. The van der Waals surface area contributed by atoms with Crippen LogP contribution in [0.25, 0.3) is 10.2 Å². The number of nitrogens with zero attached hydrogens (tertiary/aromatic N) is 1. The Labute approximate surface area is 195 Å². The number of thiophene rings is 2. The molecule has 0 aromatic carbocycles. The van der Waals surface area contributed by atoms with Crippen LogP contribution in [0.3, 0.4) is 0 Å². The van der Waals surface area contributed by atoms with Crippen LogP contribution in [-0.2, 0) is 11.3 Å². The summed E-state index contributed by atoms with van der Waals surface area (Å²) in [5.74, 6) is 6.54. The van der Waals surface area contributed by atoms with Gasteiger partial charge in [0.05, 0.1) is 20.8 Å². The van der Waals surface area contributed by atoms with E-state index in [2.05, 4.69) is 45.0 Å². The van der Waals surface area contributed by atoms with Crippen molar-refractivity contribution in [3.63, 3.8) is 0 Å². The van der Waals surface area contributed by atoms with Crippen molar-refractivity contribution >= 4 is 50.2 Å². The Hall–Kier alpha value is -1.66. The molecule has 0 aliphatic carbocycles. The number of pyridine rings is 1. The van der Waals surface area contributed by atoms with E-state index >= 15 is 0 Å². The first-order valence-corrected chi connectivity index (χ1v) is 12.6. The summed E-state index contributed by atoms with van der Waals surface area (Å²) < 4.78 is 7.26. The van der Waals surface area contributed by atoms with Crippen LogP contribution in [-0.4, -0.2) is 36.4 Å². The topological polar surface area (TPSA) is 66.4 Å². The molecule has 0 amide bonds. The Morgan fingerprint density at radius 1 is 1.42 bits per heavy atom. The summed E-state index contributed by atoms with van der Waals surface area (Å²) in [5, 5.41) is 18.6. The third kappa shape index (κ3) is 5.23. The van der Waals surface area contributed by atoms with E-state index in [-0.39, 0.29) is 18.8 Å². The Kier molecular flexibility index (Phi) is 7.83. The molecule has 3 N–H and O–H groups in total. The average molecular weight is 476 g/mol. The van der Waals surface area contributed by atoms with Crippen LogP contribution in [0.5, 0.6) is 0 Å². The molecular formula is C23H26ClN3O2S2. The fourth-order valence-corrected chi connectivity index (χ4v) is 5.90. The molecule has 31 heavy (non-hydrogen) atoms. The van der Waals surface area contributed by atoms with E-state index in [1.807, 2.05) is 13.1 Å². The Bertz CT molecular complexity index is 1070. The second kappa shape index (κ2) is 10.8. The molecular weight excluding hydrogens is 450 g/mol. The van der Waals surface area contributed by atoms with Gasteiger partial charge < -0.3 is 20.5 Å². The second-order valence-electron chi connectivity index (χ2n) is 7.40. The number of aliphatic hydroxyl groups is 1. The number of aromatic nitrogens is 1. The fourth-order valence-electron chi connectivity index (χ4n) is 3.75. The summed E-state index contributed by atoms with van der Waals surface area (Å²) in [6.07, 6.45) is 3.33. The van der Waals surface area contributed by atoms with Crippen molar-refractivity contribution in [1.29, 1.82) is 0 Å². The van der Waals surface area contributed by atoms with Gasteiger partial charge in [-0.05, 0) is 37.8 Å². The van der Waals surface area contributed by atoms with Crippen LogP contribution >= 0.6 is 34.3 Å². The van der Waals surface area contributed by atoms with E-state index in [0.717, 1.165) is 52.3 Å². The van der Waals surface area contributed by atoms with E-state index in [1.165, 1.54) is 4.88 Å². The van der Waals surface area contributed by atoms with Crippen molar-refractivity contribution in [2.24, 2.45) is 0 Å². The summed E-state index contributed by atoms with van der Waals surface area (Å²) >= 11 is 9.83. The molecule has 2 atom stereocenters. The van der Waals surface area contributed by atoms with Crippen LogP contribution in [0.1, 0.15) is 47.1 Å². The fraction of sp³-hybridized carbons (Fsp3) is 0.435. The van der Waals surface area contributed by atoms with E-state index in [1.54, 1.807) is 22.7 Å². The quantitative estimate of drug-likeness (QED) is 0.249. The van der Waals surface area contributed by atoms with Crippen molar-refractivity contribution in [1.82, 2.24) is 10.3 Å². The van der Waals surface area contributed by atoms with Crippen molar-refractivity contribution in [3.8, 4) is 11.8 Å². The highest BCUT2D eigenvalue weighted by Crippen LogP contribution is 2.42. The number of halogens is 1. The summed E-state index contributed by atoms with van der Waals surface area (Å²) in [4.78, 5) is 7.01. The van der Waals surface area contributed by atoms with Gasteiger partial charge in [0.25, 0.3) is 0 Å². The Morgan fingerprint density at radius 2 is 2.32 bits per heavy atom. The monoisotopic (exact) mass is 475 g/mol. The van der Waals surface area contributed by atoms with Crippen LogP contribution < -0.4 is 10.6 Å². The maximum atomic E-state index is 9.10. The van der Waals surface area contributed by atoms with E-state index in [4.69, 9.17) is 21.4 Å². The van der Waals surface area contributed by atoms with Gasteiger partial charge in [-0.1, -0.05) is 29.5 Å². The number of unbranched alkanes of at least 4 members (excludes halogenated alkanes) is 1. The minimum atomic E-state index is -0.0657. The number of rotatable bonds is 7. The zero-order chi connectivity index (χ0) is 21.6. The molecule has 0 unspecified atom stereocenters. The minimum Gasteiger partial charge on any atom is -0.396 e. The summed E-state index contributed by atoms with van der Waals surface area (Å²) in [7, 11) is 1.98. The summed E-state index contributed by atoms with van der Waals surface area (Å²) in [6, 6.07) is 6.29. The molecule has 0 spiro atoms. The molecule has 4 rings (SSSR count). The van der Waals surface area contributed by atoms with Crippen molar-refractivity contribution in [2.75, 3.05) is 25.6 Å². The number of aliphatic hydroxyl groups excluding tert-OH is 1. The Morgan fingerprint density at radius 3 is 3.10 bits per heavy atom. The third-order valence-electron chi connectivity index (χ3n) is 5.29. The predicted molar refractivity (Wildman–Crippen MR) is 130 cm³/mol. The lowest BCUT2D eigenvalue weighted by molar-refractivity contribution is -0.00645. The number of likely N-dealkylation sites (N-methyl/N-ethyl adjacent to an activating group) is 1. The molecule has 0 radical (unpaired) electrons. The number of hydrogen-bond donors (Lipinski definition) is 3. The zero-order valence-corrected chi connectivity index (χ0v) is 19.8. The number of fused-ring (bicyclic) bond motifs is 1. The minimum absolute atomic E-state index is 0.0657. The largest absolute Gasteiger partial charge is 0.396 e. The van der Waals surface area contributed by atoms with Gasteiger partial charge in [-0.15, -0.1) is 22.7 Å². The molecule has 164 valence electrons. The highest BCUT2D eigenvalue weighted by molar-refractivity contribution is 7.20. The zero-order valence-electron chi connectivity index (χ0n) is 17.4. The molecule has 5 nitrogen and oxygen atoms in total. The lowest BCUT2D eigenvalue weighted by Gasteiger charge is -2.31. The molecule has 1 fully saturated rings. The maximum Gasteiger partial charge on any atom is 0.131 e. The highest BCUT2D eigenvalue weighted by atomic mass is 35.5. The number of anilines is 1. The number of hydrogen-bond acceptors (Lipinski definition) is 7. The first-order valence-electron chi connectivity index (χ1n) is 10.5. The third-order valence-corrected chi connectivity index (χ3v) is 7.64. The van der Waals surface area contributed by atoms with Crippen LogP contribution in [0.4, 0.5) is 5.69 Å². The van der Waals surface area contributed by atoms with Gasteiger partial charge in [0.1, 0.15) is 16.8 Å². The first-order chi connectivity index (χ1) is 15.2. The number of ether oxygens (including phenoxy) is 1. The molecule has 4 heterocycles. The van der Waals surface area contributed by atoms with Crippen molar-refractivity contribution < 1.29 is 9.84 Å². The SMILES string of the molecule is CN[C@@H]1CCCO[C@H]1c1sc2c(NCc3cccs3)cc(Cl)nc2c1C#CCCCO. The van der Waals surface area contributed by atoms with Gasteiger partial charge in [0.2, 0.25) is 0 Å². The van der Waals surface area contributed by atoms with E-state index in [9.17, 15) is 0 Å². The normalized spacial score (nSPS) is 18.7. The summed E-state index contributed by atoms with van der Waals surface area (Å²) in [5.41, 5.74) is 2.68. The highest BCUT2D eigenvalue weighted by Gasteiger charge is 2.31. The van der Waals surface area contributed by atoms with Gasteiger partial charge in [0.15, 0.2) is 0 Å². The van der Waals surface area contributed by atoms with E-state index < -0.39 is 0 Å². The van der Waals surface area contributed by atoms with Gasteiger partial charge in [-0.25, -0.2) is 4.98 Å². The van der Waals surface area contributed by atoms with Crippen molar-refractivity contribution in [3.05, 3.63) is 44.1 Å². The summed E-state index contributed by atoms with van der Waals surface area (Å²) in [6.45, 7) is 1.61. The van der Waals surface area contributed by atoms with Crippen LogP contribution in [0.2, 0.25) is 5.15 Å². The first kappa shape index (κ1) is 22.5.